The molecule has 3 N–H and O–H groups in total. The lowest BCUT2D eigenvalue weighted by Crippen LogP contribution is -2.33. The van der Waals surface area contributed by atoms with Crippen LogP contribution >= 0.6 is 0 Å². The molecule has 1 atom stereocenters. The highest BCUT2D eigenvalue weighted by atomic mass is 16.5. The molecule has 0 heterocycles. The first-order chi connectivity index (χ1) is 7.15. The number of nitrogens with one attached hydrogen (secondary N) is 1. The van der Waals surface area contributed by atoms with E-state index in [4.69, 9.17) is 10.5 Å². The molecule has 1 unspecified atom stereocenters. The zero-order chi connectivity index (χ0) is 11.3. The van der Waals surface area contributed by atoms with Gasteiger partial charge in [0.25, 0.3) is 0 Å². The highest BCUT2D eigenvalue weighted by Gasteiger charge is 2.10. The van der Waals surface area contributed by atoms with Crippen LogP contribution in [0.2, 0.25) is 0 Å². The summed E-state index contributed by atoms with van der Waals surface area (Å²) in [5, 5.41) is 2.75. The third kappa shape index (κ3) is 3.25. The fraction of sp³-hybridized carbons (Fsp3) is 0.364. The molecule has 0 aliphatic heterocycles. The van der Waals surface area contributed by atoms with E-state index in [1.54, 1.807) is 13.0 Å². The molecule has 4 heteroatoms. The molecule has 1 amide bonds. The number of carbonyl (C=O) groups is 1. The monoisotopic (exact) mass is 208 g/mol. The molecule has 0 saturated heterocycles. The van der Waals surface area contributed by atoms with E-state index in [1.807, 2.05) is 18.2 Å². The van der Waals surface area contributed by atoms with Crippen LogP contribution in [0.25, 0.3) is 0 Å². The molecule has 82 valence electrons. The van der Waals surface area contributed by atoms with Crippen LogP contribution in [0.1, 0.15) is 12.5 Å². The Morgan fingerprint density at radius 1 is 1.53 bits per heavy atom. The zero-order valence-corrected chi connectivity index (χ0v) is 8.99. The summed E-state index contributed by atoms with van der Waals surface area (Å²) in [6, 6.07) is 7.43. The second-order valence-electron chi connectivity index (χ2n) is 3.29. The first-order valence-electron chi connectivity index (χ1n) is 4.79. The van der Waals surface area contributed by atoms with E-state index in [2.05, 4.69) is 5.32 Å². The fourth-order valence-corrected chi connectivity index (χ4v) is 1.13. The van der Waals surface area contributed by atoms with E-state index in [9.17, 15) is 4.79 Å². The molecule has 0 fully saturated rings. The van der Waals surface area contributed by atoms with Gasteiger partial charge in [-0.05, 0) is 18.6 Å². The number of para-hydroxylation sites is 1. The van der Waals surface area contributed by atoms with Gasteiger partial charge in [-0.3, -0.25) is 4.79 Å². The highest BCUT2D eigenvalue weighted by Crippen LogP contribution is 2.09. The molecule has 0 aromatic heterocycles. The van der Waals surface area contributed by atoms with Crippen molar-refractivity contribution in [1.82, 2.24) is 5.32 Å². The van der Waals surface area contributed by atoms with Crippen molar-refractivity contribution in [2.75, 3.05) is 12.8 Å². The van der Waals surface area contributed by atoms with E-state index in [0.29, 0.717) is 12.2 Å². The summed E-state index contributed by atoms with van der Waals surface area (Å²) in [5.74, 6) is -0.138. The summed E-state index contributed by atoms with van der Waals surface area (Å²) in [6.45, 7) is 2.13. The smallest absolute Gasteiger partial charge is 0.249 e. The van der Waals surface area contributed by atoms with Gasteiger partial charge < -0.3 is 15.8 Å². The molecule has 15 heavy (non-hydrogen) atoms. The summed E-state index contributed by atoms with van der Waals surface area (Å²) in [6.07, 6.45) is -0.435. The molecule has 0 aliphatic carbocycles. The van der Waals surface area contributed by atoms with Crippen molar-refractivity contribution >= 4 is 11.6 Å². The van der Waals surface area contributed by atoms with Gasteiger partial charge in [0.1, 0.15) is 6.10 Å². The Morgan fingerprint density at radius 2 is 2.20 bits per heavy atom. The van der Waals surface area contributed by atoms with E-state index < -0.39 is 6.10 Å². The number of rotatable bonds is 4. The van der Waals surface area contributed by atoms with Gasteiger partial charge in [0.2, 0.25) is 5.91 Å². The predicted molar refractivity (Wildman–Crippen MR) is 59.2 cm³/mol. The van der Waals surface area contributed by atoms with Crippen LogP contribution in [0, 0.1) is 0 Å². The summed E-state index contributed by atoms with van der Waals surface area (Å²) in [4.78, 5) is 11.4. The molecule has 0 radical (unpaired) electrons. The average Bonchev–Trinajstić information content (AvgIpc) is 2.26. The quantitative estimate of drug-likeness (QED) is 0.723. The SMILES string of the molecule is COC(C)C(=O)NCc1ccccc1N. The molecule has 0 saturated carbocycles. The number of ether oxygens (including phenoxy) is 1. The van der Waals surface area contributed by atoms with E-state index in [1.165, 1.54) is 7.11 Å². The molecular weight excluding hydrogens is 192 g/mol. The zero-order valence-electron chi connectivity index (χ0n) is 8.99. The number of anilines is 1. The first kappa shape index (κ1) is 11.5. The third-order valence-electron chi connectivity index (χ3n) is 2.23. The Bertz CT molecular complexity index is 339. The number of methoxy groups -OCH3 is 1. The number of carbonyl (C=O) groups excluding carboxylic acids is 1. The summed E-state index contributed by atoms with van der Waals surface area (Å²) in [7, 11) is 1.50. The van der Waals surface area contributed by atoms with Gasteiger partial charge in [-0.1, -0.05) is 18.2 Å². The molecular formula is C11H16N2O2. The van der Waals surface area contributed by atoms with Crippen molar-refractivity contribution in [3.63, 3.8) is 0 Å². The van der Waals surface area contributed by atoms with E-state index in [-0.39, 0.29) is 5.91 Å². The minimum atomic E-state index is -0.435. The third-order valence-corrected chi connectivity index (χ3v) is 2.23. The van der Waals surface area contributed by atoms with Crippen molar-refractivity contribution in [3.05, 3.63) is 29.8 Å². The van der Waals surface area contributed by atoms with Gasteiger partial charge in [-0.2, -0.15) is 0 Å². The van der Waals surface area contributed by atoms with Crippen LogP contribution in [-0.2, 0) is 16.1 Å². The second-order valence-corrected chi connectivity index (χ2v) is 3.29. The van der Waals surface area contributed by atoms with E-state index >= 15 is 0 Å². The predicted octanol–water partition coefficient (Wildman–Crippen LogP) is 0.920. The molecule has 4 nitrogen and oxygen atoms in total. The Balaban J connectivity index is 2.51. The molecule has 1 rings (SSSR count). The van der Waals surface area contributed by atoms with Crippen LogP contribution < -0.4 is 11.1 Å². The van der Waals surface area contributed by atoms with Crippen LogP contribution in [-0.4, -0.2) is 19.1 Å². The lowest BCUT2D eigenvalue weighted by Gasteiger charge is -2.11. The number of benzene rings is 1. The largest absolute Gasteiger partial charge is 0.398 e. The number of amides is 1. The van der Waals surface area contributed by atoms with Crippen molar-refractivity contribution in [2.45, 2.75) is 19.6 Å². The minimum Gasteiger partial charge on any atom is -0.398 e. The van der Waals surface area contributed by atoms with Crippen molar-refractivity contribution < 1.29 is 9.53 Å². The number of hydrogen-bond donors (Lipinski definition) is 2. The molecule has 0 spiro atoms. The molecule has 1 aromatic rings. The summed E-state index contributed by atoms with van der Waals surface area (Å²) >= 11 is 0. The Hall–Kier alpha value is -1.55. The second kappa shape index (κ2) is 5.36. The van der Waals surface area contributed by atoms with Gasteiger partial charge in [0, 0.05) is 19.3 Å². The molecule has 0 bridgehead atoms. The maximum atomic E-state index is 11.4. The standard InChI is InChI=1S/C11H16N2O2/c1-8(15-2)11(14)13-7-9-5-3-4-6-10(9)12/h3-6,8H,7,12H2,1-2H3,(H,13,14). The maximum Gasteiger partial charge on any atom is 0.249 e. The van der Waals surface area contributed by atoms with Crippen molar-refractivity contribution in [3.8, 4) is 0 Å². The maximum absolute atomic E-state index is 11.4. The lowest BCUT2D eigenvalue weighted by molar-refractivity contribution is -0.130. The van der Waals surface area contributed by atoms with Gasteiger partial charge in [-0.15, -0.1) is 0 Å². The Labute approximate surface area is 89.4 Å². The summed E-state index contributed by atoms with van der Waals surface area (Å²) < 4.78 is 4.89. The molecule has 0 aliphatic rings. The van der Waals surface area contributed by atoms with Crippen LogP contribution in [0.3, 0.4) is 0 Å². The molecule has 1 aromatic carbocycles. The number of nitrogens with two attached hydrogens (primary N) is 1. The average molecular weight is 208 g/mol. The highest BCUT2D eigenvalue weighted by molar-refractivity contribution is 5.80. The van der Waals surface area contributed by atoms with Gasteiger partial charge in [0.05, 0.1) is 0 Å². The number of nitrogen functional groups attached to an aromatic ring is 1. The minimum absolute atomic E-state index is 0.138. The van der Waals surface area contributed by atoms with E-state index in [0.717, 1.165) is 5.56 Å². The van der Waals surface area contributed by atoms with Crippen LogP contribution in [0.5, 0.6) is 0 Å². The van der Waals surface area contributed by atoms with Crippen LogP contribution in [0.4, 0.5) is 5.69 Å². The normalized spacial score (nSPS) is 12.1. The first-order valence-corrected chi connectivity index (χ1v) is 4.79. The van der Waals surface area contributed by atoms with Gasteiger partial charge in [0.15, 0.2) is 0 Å². The Morgan fingerprint density at radius 3 is 2.80 bits per heavy atom. The topological polar surface area (TPSA) is 64.3 Å². The van der Waals surface area contributed by atoms with Gasteiger partial charge >= 0.3 is 0 Å². The van der Waals surface area contributed by atoms with Crippen molar-refractivity contribution in [1.29, 1.82) is 0 Å². The fourth-order valence-electron chi connectivity index (χ4n) is 1.13. The Kier molecular flexibility index (Phi) is 4.12. The van der Waals surface area contributed by atoms with Crippen LogP contribution in [0.15, 0.2) is 24.3 Å². The lowest BCUT2D eigenvalue weighted by atomic mass is 10.2. The summed E-state index contributed by atoms with van der Waals surface area (Å²) in [5.41, 5.74) is 7.33. The number of hydrogen-bond acceptors (Lipinski definition) is 3. The van der Waals surface area contributed by atoms with Crippen molar-refractivity contribution in [2.24, 2.45) is 0 Å². The van der Waals surface area contributed by atoms with Gasteiger partial charge in [-0.25, -0.2) is 0 Å².